The quantitative estimate of drug-likeness (QED) is 0.539. The molecule has 10 nitrogen and oxygen atoms in total. The summed E-state index contributed by atoms with van der Waals surface area (Å²) >= 11 is 1.29. The molecule has 0 saturated carbocycles. The highest BCUT2D eigenvalue weighted by Crippen LogP contribution is 2.29. The Morgan fingerprint density at radius 1 is 1.28 bits per heavy atom. The molecule has 0 bridgehead atoms. The maximum Gasteiger partial charge on any atom is 0.322 e. The molecule has 0 spiro atoms. The molecule has 0 atom stereocenters. The van der Waals surface area contributed by atoms with E-state index in [-0.39, 0.29) is 0 Å². The minimum Gasteiger partial charge on any atom is -0.492 e. The van der Waals surface area contributed by atoms with Crippen LogP contribution in [0.1, 0.15) is 26.5 Å². The van der Waals surface area contributed by atoms with Crippen LogP contribution in [0.25, 0.3) is 4.96 Å². The maximum atomic E-state index is 12.9. The number of fused-ring (bicyclic) bond motifs is 3. The van der Waals surface area contributed by atoms with E-state index >= 15 is 0 Å². The Hall–Kier alpha value is -3.31. The zero-order valence-electron chi connectivity index (χ0n) is 15.2. The van der Waals surface area contributed by atoms with E-state index in [1.807, 2.05) is 12.1 Å². The summed E-state index contributed by atoms with van der Waals surface area (Å²) in [5.41, 5.74) is 0.648. The highest BCUT2D eigenvalue weighted by molar-refractivity contribution is 7.17. The van der Waals surface area contributed by atoms with E-state index in [9.17, 15) is 19.5 Å². The number of aromatic nitrogens is 3. The Labute approximate surface area is 168 Å². The normalized spacial score (nSPS) is 13.9. The van der Waals surface area contributed by atoms with Crippen LogP contribution in [0.15, 0.2) is 29.3 Å². The molecule has 4 heterocycles. The van der Waals surface area contributed by atoms with Crippen molar-refractivity contribution in [1.82, 2.24) is 24.6 Å². The minimum absolute atomic E-state index is 0.304. The van der Waals surface area contributed by atoms with Crippen LogP contribution >= 0.6 is 11.3 Å². The standard InChI is InChI=1S/C18H17N5O5S/c24-13(25)7-20-15(26)14-16(27)21-18-23(17(14)28)11-3-6-22(9-12(11)29-18)8-10-1-4-19-5-2-10/h1-2,4-5,27H,3,6-9H2,(H,20,26)(H,24,25). The van der Waals surface area contributed by atoms with Crippen LogP contribution in [0.5, 0.6) is 5.88 Å². The number of carboxylic acids is 1. The molecule has 0 unspecified atom stereocenters. The topological polar surface area (TPSA) is 137 Å². The van der Waals surface area contributed by atoms with Crippen LogP contribution in [0.3, 0.4) is 0 Å². The van der Waals surface area contributed by atoms with Gasteiger partial charge in [-0.2, -0.15) is 4.98 Å². The first kappa shape index (κ1) is 19.0. The van der Waals surface area contributed by atoms with E-state index in [0.717, 1.165) is 29.2 Å². The highest BCUT2D eigenvalue weighted by atomic mass is 32.1. The monoisotopic (exact) mass is 415 g/mol. The van der Waals surface area contributed by atoms with Crippen molar-refractivity contribution in [2.24, 2.45) is 0 Å². The third-order valence-electron chi connectivity index (χ3n) is 4.65. The number of nitrogens with zero attached hydrogens (tertiary/aromatic N) is 4. The molecule has 4 rings (SSSR count). The highest BCUT2D eigenvalue weighted by Gasteiger charge is 2.27. The number of carboxylic acid groups (broad SMARTS) is 1. The van der Waals surface area contributed by atoms with Gasteiger partial charge in [0.25, 0.3) is 11.5 Å². The largest absolute Gasteiger partial charge is 0.492 e. The van der Waals surface area contributed by atoms with Crippen molar-refractivity contribution < 1.29 is 19.8 Å². The second-order valence-electron chi connectivity index (χ2n) is 6.60. The Bertz CT molecular complexity index is 1160. The fourth-order valence-corrected chi connectivity index (χ4v) is 4.53. The lowest BCUT2D eigenvalue weighted by molar-refractivity contribution is -0.135. The molecule has 3 aromatic rings. The minimum atomic E-state index is -1.26. The molecular weight excluding hydrogens is 398 g/mol. The first-order valence-electron chi connectivity index (χ1n) is 8.81. The van der Waals surface area contributed by atoms with Crippen LogP contribution in [0.4, 0.5) is 0 Å². The summed E-state index contributed by atoms with van der Waals surface area (Å²) in [6.45, 7) is 1.42. The Morgan fingerprint density at radius 2 is 2.03 bits per heavy atom. The number of carbonyl (C=O) groups is 2. The van der Waals surface area contributed by atoms with E-state index in [1.54, 1.807) is 12.4 Å². The first-order valence-corrected chi connectivity index (χ1v) is 9.63. The average Bonchev–Trinajstić information content (AvgIpc) is 3.04. The predicted molar refractivity (Wildman–Crippen MR) is 103 cm³/mol. The summed E-state index contributed by atoms with van der Waals surface area (Å²) in [6, 6.07) is 3.90. The zero-order chi connectivity index (χ0) is 20.5. The summed E-state index contributed by atoms with van der Waals surface area (Å²) < 4.78 is 1.35. The van der Waals surface area contributed by atoms with E-state index in [4.69, 9.17) is 5.11 Å². The van der Waals surface area contributed by atoms with Gasteiger partial charge >= 0.3 is 5.97 Å². The Kier molecular flexibility index (Phi) is 4.99. The molecule has 1 amide bonds. The Morgan fingerprint density at radius 3 is 2.76 bits per heavy atom. The number of pyridine rings is 1. The molecule has 0 saturated heterocycles. The molecule has 0 radical (unpaired) electrons. The van der Waals surface area contributed by atoms with Gasteiger partial charge in [-0.25, -0.2) is 0 Å². The van der Waals surface area contributed by atoms with Gasteiger partial charge < -0.3 is 15.5 Å². The van der Waals surface area contributed by atoms with Crippen LogP contribution < -0.4 is 10.9 Å². The first-order chi connectivity index (χ1) is 13.9. The summed E-state index contributed by atoms with van der Waals surface area (Å²) in [7, 11) is 0. The van der Waals surface area contributed by atoms with Crippen molar-refractivity contribution in [3.05, 3.63) is 56.6 Å². The van der Waals surface area contributed by atoms with Gasteiger partial charge in [0.1, 0.15) is 6.54 Å². The lowest BCUT2D eigenvalue weighted by atomic mass is 10.1. The smallest absolute Gasteiger partial charge is 0.322 e. The lowest BCUT2D eigenvalue weighted by Crippen LogP contribution is -2.36. The molecule has 11 heteroatoms. The average molecular weight is 415 g/mol. The van der Waals surface area contributed by atoms with Gasteiger partial charge in [0.15, 0.2) is 10.5 Å². The molecule has 3 N–H and O–H groups in total. The van der Waals surface area contributed by atoms with Crippen LogP contribution in [-0.2, 0) is 24.3 Å². The van der Waals surface area contributed by atoms with E-state index in [2.05, 4.69) is 20.2 Å². The lowest BCUT2D eigenvalue weighted by Gasteiger charge is -2.26. The molecule has 150 valence electrons. The van der Waals surface area contributed by atoms with Crippen molar-refractivity contribution in [2.75, 3.05) is 13.1 Å². The van der Waals surface area contributed by atoms with Gasteiger partial charge in [-0.3, -0.25) is 28.7 Å². The van der Waals surface area contributed by atoms with Gasteiger partial charge in [-0.05, 0) is 17.7 Å². The zero-order valence-corrected chi connectivity index (χ0v) is 16.0. The van der Waals surface area contributed by atoms with Crippen LogP contribution in [-0.4, -0.2) is 54.4 Å². The fourth-order valence-electron chi connectivity index (χ4n) is 3.34. The summed E-state index contributed by atoms with van der Waals surface area (Å²) in [4.78, 5) is 47.2. The SMILES string of the molecule is O=C(O)CNC(=O)c1c(O)nc2sc3c(n2c1=O)CCN(Cc1ccncc1)C3. The molecule has 1 aliphatic heterocycles. The van der Waals surface area contributed by atoms with Gasteiger partial charge in [0.05, 0.1) is 0 Å². The molecule has 1 aliphatic rings. The van der Waals surface area contributed by atoms with E-state index < -0.39 is 35.4 Å². The number of hydrogen-bond donors (Lipinski definition) is 3. The van der Waals surface area contributed by atoms with Crippen LogP contribution in [0.2, 0.25) is 0 Å². The van der Waals surface area contributed by atoms with Crippen molar-refractivity contribution >= 4 is 28.2 Å². The van der Waals surface area contributed by atoms with Crippen LogP contribution in [0, 0.1) is 0 Å². The van der Waals surface area contributed by atoms with Crippen molar-refractivity contribution in [1.29, 1.82) is 0 Å². The molecule has 0 aliphatic carbocycles. The molecule has 0 fully saturated rings. The number of aromatic hydroxyl groups is 1. The third kappa shape index (κ3) is 3.69. The van der Waals surface area contributed by atoms with Gasteiger partial charge in [-0.15, -0.1) is 0 Å². The summed E-state index contributed by atoms with van der Waals surface area (Å²) in [5.74, 6) is -2.92. The van der Waals surface area contributed by atoms with Crippen molar-refractivity contribution in [3.8, 4) is 5.88 Å². The Balaban J connectivity index is 1.66. The van der Waals surface area contributed by atoms with Gasteiger partial charge in [-0.1, -0.05) is 11.3 Å². The molecule has 3 aromatic heterocycles. The number of hydrogen-bond acceptors (Lipinski definition) is 8. The van der Waals surface area contributed by atoms with E-state index in [1.165, 1.54) is 15.7 Å². The number of rotatable bonds is 5. The second kappa shape index (κ2) is 7.60. The summed E-state index contributed by atoms with van der Waals surface area (Å²) in [6.07, 6.45) is 4.07. The second-order valence-corrected chi connectivity index (χ2v) is 7.66. The molecule has 29 heavy (non-hydrogen) atoms. The molecule has 0 aromatic carbocycles. The summed E-state index contributed by atoms with van der Waals surface area (Å²) in [5, 5.41) is 20.9. The fraction of sp³-hybridized carbons (Fsp3) is 0.278. The third-order valence-corrected chi connectivity index (χ3v) is 5.72. The number of amides is 1. The van der Waals surface area contributed by atoms with E-state index in [0.29, 0.717) is 17.9 Å². The van der Waals surface area contributed by atoms with Gasteiger partial charge in [0.2, 0.25) is 5.88 Å². The number of carbonyl (C=O) groups excluding carboxylic acids is 1. The van der Waals surface area contributed by atoms with Crippen molar-refractivity contribution in [3.63, 3.8) is 0 Å². The molecular formula is C18H17N5O5S. The van der Waals surface area contributed by atoms with Crippen molar-refractivity contribution in [2.45, 2.75) is 19.5 Å². The predicted octanol–water partition coefficient (Wildman–Crippen LogP) is 0.229. The number of nitrogens with one attached hydrogen (secondary N) is 1. The maximum absolute atomic E-state index is 12.9. The number of thiazole rings is 1. The number of aliphatic carboxylic acids is 1. The van der Waals surface area contributed by atoms with Gasteiger partial charge in [0, 0.05) is 49.0 Å².